The van der Waals surface area contributed by atoms with Crippen LogP contribution in [-0.4, -0.2) is 45.9 Å². The van der Waals surface area contributed by atoms with Crippen LogP contribution in [0.4, 0.5) is 0 Å². The number of rotatable bonds is 7. The number of hydrogen-bond acceptors (Lipinski definition) is 3. The molecule has 4 heteroatoms. The van der Waals surface area contributed by atoms with Crippen molar-refractivity contribution in [3.05, 3.63) is 72.1 Å². The maximum absolute atomic E-state index is 5.67. The number of allylic oxidation sites excluding steroid dienone is 9. The van der Waals surface area contributed by atoms with E-state index in [2.05, 4.69) is 12.2 Å². The molecule has 2 aliphatic carbocycles. The molecule has 0 aliphatic heterocycles. The zero-order chi connectivity index (χ0) is 19.7. The number of carbonyl (C=O) groups excluding carboxylic acids is 1. The topological polar surface area (TPSA) is 39.0 Å². The van der Waals surface area contributed by atoms with Crippen molar-refractivity contribution in [2.24, 2.45) is 0 Å². The maximum Gasteiger partial charge on any atom is 0.343 e. The molecule has 0 N–H and O–H groups in total. The van der Waals surface area contributed by atoms with E-state index >= 15 is 0 Å². The van der Waals surface area contributed by atoms with Gasteiger partial charge in [-0.25, -0.2) is 0 Å². The molecule has 0 radical (unpaired) electrons. The third-order valence-electron chi connectivity index (χ3n) is 3.79. The number of ether oxygens (including phenoxy) is 3. The predicted octanol–water partition coefficient (Wildman–Crippen LogP) is 4.64. The lowest BCUT2D eigenvalue weighted by Crippen LogP contribution is -2.07. The molecule has 0 aromatic heterocycles. The molecule has 4 nitrogen and oxygen atoms in total. The smallest absolute Gasteiger partial charge is 0.343 e. The third kappa shape index (κ3) is 10.5. The van der Waals surface area contributed by atoms with Crippen LogP contribution in [-0.2, 0) is 18.6 Å². The highest BCUT2D eigenvalue weighted by molar-refractivity contribution is 6.01. The summed E-state index contributed by atoms with van der Waals surface area (Å²) in [5.74, 6) is 1.90. The van der Waals surface area contributed by atoms with E-state index in [1.54, 1.807) is 14.2 Å². The molecule has 0 heterocycles. The first kappa shape index (κ1) is 22.9. The highest BCUT2D eigenvalue weighted by atomic mass is 16.5. The lowest BCUT2D eigenvalue weighted by molar-refractivity contribution is -0.450. The van der Waals surface area contributed by atoms with Crippen LogP contribution in [0.3, 0.4) is 0 Å². The van der Waals surface area contributed by atoms with Gasteiger partial charge in [0.1, 0.15) is 0 Å². The molecular weight excluding hydrogens is 340 g/mol. The molecule has 0 spiro atoms. The minimum Gasteiger partial charge on any atom is -0.498 e. The molecular formula is C23H33O4+. The molecule has 148 valence electrons. The Bertz CT molecular complexity index is 600. The Morgan fingerprint density at radius 3 is 2.52 bits per heavy atom. The molecule has 0 aromatic rings. The predicted molar refractivity (Wildman–Crippen MR) is 112 cm³/mol. The largest absolute Gasteiger partial charge is 0.498 e. The van der Waals surface area contributed by atoms with Gasteiger partial charge < -0.3 is 14.2 Å². The van der Waals surface area contributed by atoms with Gasteiger partial charge in [-0.2, -0.15) is 0 Å². The molecule has 2 rings (SSSR count). The van der Waals surface area contributed by atoms with Crippen molar-refractivity contribution < 1.29 is 18.6 Å². The lowest BCUT2D eigenvalue weighted by Gasteiger charge is -2.13. The summed E-state index contributed by atoms with van der Waals surface area (Å²) in [6.45, 7) is 6.16. The van der Waals surface area contributed by atoms with Crippen LogP contribution >= 0.6 is 0 Å². The van der Waals surface area contributed by atoms with Crippen LogP contribution in [0.5, 0.6) is 0 Å². The van der Waals surface area contributed by atoms with Gasteiger partial charge in [0.25, 0.3) is 6.61 Å². The van der Waals surface area contributed by atoms with E-state index in [0.717, 1.165) is 37.6 Å². The van der Waals surface area contributed by atoms with Gasteiger partial charge in [0.2, 0.25) is 0 Å². The van der Waals surface area contributed by atoms with Crippen LogP contribution < -0.4 is 0 Å². The summed E-state index contributed by atoms with van der Waals surface area (Å²) in [7, 11) is 3.39. The zero-order valence-electron chi connectivity index (χ0n) is 17.0. The summed E-state index contributed by atoms with van der Waals surface area (Å²) in [6.07, 6.45) is 21.9. The van der Waals surface area contributed by atoms with Gasteiger partial charge in [0.05, 0.1) is 18.5 Å². The van der Waals surface area contributed by atoms with Gasteiger partial charge in [-0.3, -0.25) is 4.42 Å². The second-order valence-electron chi connectivity index (χ2n) is 5.84. The molecule has 0 saturated carbocycles. The Balaban J connectivity index is 0.000000289. The minimum atomic E-state index is 0.00220. The summed E-state index contributed by atoms with van der Waals surface area (Å²) in [5.41, 5.74) is 1.23. The van der Waals surface area contributed by atoms with E-state index in [4.69, 9.17) is 18.6 Å². The first-order valence-electron chi connectivity index (χ1n) is 9.44. The molecule has 0 amide bonds. The fourth-order valence-corrected chi connectivity index (χ4v) is 2.33. The van der Waals surface area contributed by atoms with E-state index in [-0.39, 0.29) is 6.10 Å². The van der Waals surface area contributed by atoms with Crippen LogP contribution in [0.25, 0.3) is 0 Å². The highest BCUT2D eigenvalue weighted by Gasteiger charge is 2.05. The highest BCUT2D eigenvalue weighted by Crippen LogP contribution is 2.12. The maximum atomic E-state index is 5.67. The number of ketones is 1. The van der Waals surface area contributed by atoms with Gasteiger partial charge in [0.15, 0.2) is 0 Å². The lowest BCUT2D eigenvalue weighted by atomic mass is 10.1. The SMILES string of the molecule is CC=C1C=CC(=[O+]CC)C=C1.COCCCO/C1=C/C(OC)C=CC=CC1. The Hall–Kier alpha value is -2.17. The molecule has 0 fully saturated rings. The van der Waals surface area contributed by atoms with E-state index < -0.39 is 0 Å². The standard InChI is InChI=1S/C13H20O3.C10H13O/c1-14-9-6-10-16-13-8-5-3-4-7-12(11-13)15-2;1-3-9-5-7-10(8-6-9)11-4-2/h3-5,7,11-12H,6,8-10H2,1-2H3;3,5-8H,4H2,1-2H3/q;+1/b5-3?,7-4?,13-11+;. The number of methoxy groups -OCH3 is 2. The molecule has 0 aromatic carbocycles. The number of hydrogen-bond donors (Lipinski definition) is 0. The van der Waals surface area contributed by atoms with Crippen LogP contribution in [0.2, 0.25) is 0 Å². The van der Waals surface area contributed by atoms with E-state index in [1.807, 2.05) is 62.5 Å². The molecule has 1 unspecified atom stereocenters. The van der Waals surface area contributed by atoms with Crippen molar-refractivity contribution in [3.63, 3.8) is 0 Å². The van der Waals surface area contributed by atoms with Crippen LogP contribution in [0.1, 0.15) is 26.7 Å². The fourth-order valence-electron chi connectivity index (χ4n) is 2.33. The van der Waals surface area contributed by atoms with Crippen molar-refractivity contribution in [2.45, 2.75) is 32.8 Å². The van der Waals surface area contributed by atoms with Crippen molar-refractivity contribution in [3.8, 4) is 0 Å². The second kappa shape index (κ2) is 14.9. The van der Waals surface area contributed by atoms with Crippen molar-refractivity contribution in [1.82, 2.24) is 0 Å². The Morgan fingerprint density at radius 2 is 1.89 bits per heavy atom. The molecule has 0 bridgehead atoms. The first-order chi connectivity index (χ1) is 13.2. The van der Waals surface area contributed by atoms with Crippen molar-refractivity contribution in [2.75, 3.05) is 34.0 Å². The monoisotopic (exact) mass is 373 g/mol. The van der Waals surface area contributed by atoms with Gasteiger partial charge in [-0.1, -0.05) is 30.4 Å². The average molecular weight is 374 g/mol. The quantitative estimate of drug-likeness (QED) is 0.482. The Labute approximate surface area is 163 Å². The normalized spacial score (nSPS) is 20.1. The Kier molecular flexibility index (Phi) is 12.7. The fraction of sp³-hybridized carbons (Fsp3) is 0.435. The second-order valence-corrected chi connectivity index (χ2v) is 5.84. The minimum absolute atomic E-state index is 0.00220. The van der Waals surface area contributed by atoms with Crippen LogP contribution in [0.15, 0.2) is 72.1 Å². The van der Waals surface area contributed by atoms with Crippen molar-refractivity contribution >= 4 is 5.78 Å². The molecule has 27 heavy (non-hydrogen) atoms. The molecule has 1 atom stereocenters. The van der Waals surface area contributed by atoms with Gasteiger partial charge in [0, 0.05) is 52.7 Å². The summed E-state index contributed by atoms with van der Waals surface area (Å²) in [6, 6.07) is 0. The van der Waals surface area contributed by atoms with Crippen LogP contribution in [0, 0.1) is 0 Å². The summed E-state index contributed by atoms with van der Waals surface area (Å²) in [5, 5.41) is 0. The van der Waals surface area contributed by atoms with Crippen molar-refractivity contribution in [1.29, 1.82) is 0 Å². The Morgan fingerprint density at radius 1 is 1.11 bits per heavy atom. The summed E-state index contributed by atoms with van der Waals surface area (Å²) >= 11 is 0. The summed E-state index contributed by atoms with van der Waals surface area (Å²) < 4.78 is 21.2. The zero-order valence-corrected chi connectivity index (χ0v) is 17.0. The third-order valence-corrected chi connectivity index (χ3v) is 3.79. The van der Waals surface area contributed by atoms with E-state index in [1.165, 1.54) is 5.57 Å². The van der Waals surface area contributed by atoms with Gasteiger partial charge in [-0.15, -0.1) is 0 Å². The van der Waals surface area contributed by atoms with E-state index in [0.29, 0.717) is 6.61 Å². The first-order valence-corrected chi connectivity index (χ1v) is 9.44. The van der Waals surface area contributed by atoms with E-state index in [9.17, 15) is 0 Å². The average Bonchev–Trinajstić information content (AvgIpc) is 2.68. The van der Waals surface area contributed by atoms with Gasteiger partial charge in [-0.05, 0) is 30.7 Å². The molecule has 2 aliphatic rings. The summed E-state index contributed by atoms with van der Waals surface area (Å²) in [4.78, 5) is 0. The molecule has 0 saturated heterocycles. The van der Waals surface area contributed by atoms with Gasteiger partial charge >= 0.3 is 5.78 Å².